The highest BCUT2D eigenvalue weighted by atomic mass is 32.1. The molecule has 8 heteroatoms. The Morgan fingerprint density at radius 2 is 1.86 bits per heavy atom. The number of nitrogens with one attached hydrogen (secondary N) is 2. The summed E-state index contributed by atoms with van der Waals surface area (Å²) in [5.74, 6) is 0.167. The maximum absolute atomic E-state index is 10.1. The van der Waals surface area contributed by atoms with Crippen LogP contribution in [0, 0.1) is 9.54 Å². The molecule has 0 atom stereocenters. The molecule has 0 radical (unpaired) electrons. The van der Waals surface area contributed by atoms with Crippen LogP contribution < -0.4 is 4.90 Å². The molecule has 0 saturated carbocycles. The minimum atomic E-state index is 0.167. The summed E-state index contributed by atoms with van der Waals surface area (Å²) in [4.78, 5) is 2.15. The van der Waals surface area contributed by atoms with Crippen LogP contribution in [0.1, 0.15) is 19.4 Å². The van der Waals surface area contributed by atoms with Crippen molar-refractivity contribution in [2.24, 2.45) is 5.10 Å². The van der Waals surface area contributed by atoms with E-state index in [2.05, 4.69) is 34.0 Å². The Labute approximate surface area is 132 Å². The SMILES string of the molecule is CCN(CC)c1ccc(/C=N/n2c(=S)[nH][nH]c2=S)c(O)c1. The predicted octanol–water partition coefficient (Wildman–Crippen LogP) is 3.04. The average Bonchev–Trinajstić information content (AvgIpc) is 2.79. The van der Waals surface area contributed by atoms with Gasteiger partial charge >= 0.3 is 0 Å². The Hall–Kier alpha value is -1.93. The normalized spacial score (nSPS) is 11.1. The van der Waals surface area contributed by atoms with Crippen molar-refractivity contribution < 1.29 is 5.11 Å². The molecule has 0 amide bonds. The van der Waals surface area contributed by atoms with E-state index in [1.165, 1.54) is 10.9 Å². The highest BCUT2D eigenvalue weighted by Crippen LogP contribution is 2.23. The number of benzene rings is 1. The maximum Gasteiger partial charge on any atom is 0.215 e. The monoisotopic (exact) mass is 323 g/mol. The first-order chi connectivity index (χ1) is 10.1. The van der Waals surface area contributed by atoms with Gasteiger partial charge in [-0.25, -0.2) is 0 Å². The number of nitrogens with zero attached hydrogens (tertiary/aromatic N) is 3. The van der Waals surface area contributed by atoms with E-state index in [0.717, 1.165) is 18.8 Å². The van der Waals surface area contributed by atoms with Crippen molar-refractivity contribution in [3.05, 3.63) is 33.3 Å². The summed E-state index contributed by atoms with van der Waals surface area (Å²) in [5, 5.41) is 19.6. The lowest BCUT2D eigenvalue weighted by Crippen LogP contribution is -2.21. The Morgan fingerprint density at radius 1 is 1.24 bits per heavy atom. The van der Waals surface area contributed by atoms with Crippen molar-refractivity contribution in [1.82, 2.24) is 14.9 Å². The fourth-order valence-corrected chi connectivity index (χ4v) is 2.39. The van der Waals surface area contributed by atoms with Crippen molar-refractivity contribution in [2.45, 2.75) is 13.8 Å². The van der Waals surface area contributed by atoms with Crippen molar-refractivity contribution in [3.8, 4) is 5.75 Å². The third kappa shape index (κ3) is 3.40. The number of aromatic amines is 2. The van der Waals surface area contributed by atoms with Gasteiger partial charge in [-0.3, -0.25) is 10.2 Å². The molecule has 0 unspecified atom stereocenters. The molecular formula is C13H17N5OS2. The molecule has 3 N–H and O–H groups in total. The van der Waals surface area contributed by atoms with Gasteiger partial charge in [0.05, 0.1) is 6.21 Å². The van der Waals surface area contributed by atoms with Crippen LogP contribution in [0.5, 0.6) is 5.75 Å². The summed E-state index contributed by atoms with van der Waals surface area (Å²) in [6, 6.07) is 5.49. The first-order valence-electron chi connectivity index (χ1n) is 6.58. The lowest BCUT2D eigenvalue weighted by Gasteiger charge is -2.21. The number of phenolic OH excluding ortho intramolecular Hbond substituents is 1. The maximum atomic E-state index is 10.1. The van der Waals surface area contributed by atoms with Gasteiger partial charge in [0.15, 0.2) is 0 Å². The number of phenols is 1. The zero-order valence-corrected chi connectivity index (χ0v) is 13.5. The van der Waals surface area contributed by atoms with Gasteiger partial charge in [0, 0.05) is 30.4 Å². The molecule has 112 valence electrons. The molecule has 1 aromatic carbocycles. The van der Waals surface area contributed by atoms with Crippen LogP contribution in [-0.2, 0) is 0 Å². The van der Waals surface area contributed by atoms with Crippen LogP contribution in [-0.4, -0.2) is 39.3 Å². The zero-order valence-electron chi connectivity index (χ0n) is 11.8. The predicted molar refractivity (Wildman–Crippen MR) is 89.5 cm³/mol. The molecule has 0 fully saturated rings. The van der Waals surface area contributed by atoms with Crippen LogP contribution in [0.15, 0.2) is 23.3 Å². The molecule has 0 aliphatic heterocycles. The number of rotatable bonds is 5. The van der Waals surface area contributed by atoms with E-state index in [4.69, 9.17) is 24.4 Å². The summed E-state index contributed by atoms with van der Waals surface area (Å²) >= 11 is 10.1. The summed E-state index contributed by atoms with van der Waals surface area (Å²) in [6.07, 6.45) is 1.52. The quantitative estimate of drug-likeness (QED) is 0.584. The average molecular weight is 323 g/mol. The summed E-state index contributed by atoms with van der Waals surface area (Å²) < 4.78 is 2.12. The number of aromatic hydroxyl groups is 1. The van der Waals surface area contributed by atoms with Gasteiger partial charge in [-0.1, -0.05) is 0 Å². The van der Waals surface area contributed by atoms with E-state index in [0.29, 0.717) is 15.1 Å². The van der Waals surface area contributed by atoms with Crippen LogP contribution >= 0.6 is 24.4 Å². The van der Waals surface area contributed by atoms with Crippen molar-refractivity contribution >= 4 is 36.3 Å². The zero-order chi connectivity index (χ0) is 15.4. The molecule has 6 nitrogen and oxygen atoms in total. The largest absolute Gasteiger partial charge is 0.507 e. The van der Waals surface area contributed by atoms with Gasteiger partial charge in [-0.05, 0) is 50.4 Å². The lowest BCUT2D eigenvalue weighted by molar-refractivity contribution is 0.474. The standard InChI is InChI=1S/C13H17N5OS2/c1-3-17(4-2)10-6-5-9(11(19)7-10)8-14-18-12(20)15-16-13(18)21/h5-8,19H,3-4H2,1-2H3,(H,15,20)(H,16,21)/b14-8+. The molecule has 0 aliphatic rings. The van der Waals surface area contributed by atoms with Crippen LogP contribution in [0.4, 0.5) is 5.69 Å². The van der Waals surface area contributed by atoms with E-state index in [-0.39, 0.29) is 5.75 Å². The molecular weight excluding hydrogens is 306 g/mol. The third-order valence-electron chi connectivity index (χ3n) is 3.12. The summed E-state index contributed by atoms with van der Waals surface area (Å²) in [5.41, 5.74) is 1.58. The second kappa shape index (κ2) is 6.68. The van der Waals surface area contributed by atoms with Crippen LogP contribution in [0.2, 0.25) is 0 Å². The van der Waals surface area contributed by atoms with Crippen LogP contribution in [0.25, 0.3) is 0 Å². The second-order valence-corrected chi connectivity index (χ2v) is 5.11. The molecule has 2 rings (SSSR count). The molecule has 1 aromatic heterocycles. The van der Waals surface area contributed by atoms with Gasteiger partial charge in [-0.2, -0.15) is 9.78 Å². The van der Waals surface area contributed by atoms with E-state index < -0.39 is 0 Å². The molecule has 1 heterocycles. The first-order valence-corrected chi connectivity index (χ1v) is 7.40. The van der Waals surface area contributed by atoms with Gasteiger partial charge < -0.3 is 10.0 Å². The minimum Gasteiger partial charge on any atom is -0.507 e. The number of aromatic nitrogens is 3. The second-order valence-electron chi connectivity index (χ2n) is 4.33. The topological polar surface area (TPSA) is 72.3 Å². The third-order valence-corrected chi connectivity index (χ3v) is 3.67. The molecule has 2 aromatic rings. The van der Waals surface area contributed by atoms with Crippen molar-refractivity contribution in [3.63, 3.8) is 0 Å². The molecule has 0 spiro atoms. The number of anilines is 1. The van der Waals surface area contributed by atoms with E-state index >= 15 is 0 Å². The van der Waals surface area contributed by atoms with E-state index in [1.807, 2.05) is 12.1 Å². The molecule has 0 saturated heterocycles. The number of hydrogen-bond donors (Lipinski definition) is 3. The Morgan fingerprint density at radius 3 is 2.38 bits per heavy atom. The highest BCUT2D eigenvalue weighted by molar-refractivity contribution is 7.72. The van der Waals surface area contributed by atoms with Gasteiger partial charge in [0.2, 0.25) is 9.54 Å². The minimum absolute atomic E-state index is 0.167. The van der Waals surface area contributed by atoms with Gasteiger partial charge in [-0.15, -0.1) is 0 Å². The fraction of sp³-hybridized carbons (Fsp3) is 0.308. The smallest absolute Gasteiger partial charge is 0.215 e. The van der Waals surface area contributed by atoms with E-state index in [1.54, 1.807) is 6.07 Å². The fourth-order valence-electron chi connectivity index (χ4n) is 1.96. The van der Waals surface area contributed by atoms with Crippen LogP contribution in [0.3, 0.4) is 0 Å². The van der Waals surface area contributed by atoms with Crippen molar-refractivity contribution in [2.75, 3.05) is 18.0 Å². The van der Waals surface area contributed by atoms with E-state index in [9.17, 15) is 5.11 Å². The Bertz CT molecular complexity index is 727. The Kier molecular flexibility index (Phi) is 4.92. The molecule has 0 aliphatic carbocycles. The summed E-state index contributed by atoms with van der Waals surface area (Å²) in [7, 11) is 0. The van der Waals surface area contributed by atoms with Gasteiger partial charge in [0.25, 0.3) is 0 Å². The molecule has 21 heavy (non-hydrogen) atoms. The summed E-state index contributed by atoms with van der Waals surface area (Å²) in [6.45, 7) is 5.92. The van der Waals surface area contributed by atoms with Crippen molar-refractivity contribution in [1.29, 1.82) is 0 Å². The number of H-pyrrole nitrogens is 2. The lowest BCUT2D eigenvalue weighted by atomic mass is 10.2. The first kappa shape index (κ1) is 15.5. The molecule has 0 bridgehead atoms. The Balaban J connectivity index is 2.30. The highest BCUT2D eigenvalue weighted by Gasteiger charge is 2.05. The van der Waals surface area contributed by atoms with Gasteiger partial charge in [0.1, 0.15) is 5.75 Å². The number of hydrogen-bond acceptors (Lipinski definition) is 5.